The molecule has 0 bridgehead atoms. The molecule has 9 heteroatoms. The zero-order valence-electron chi connectivity index (χ0n) is 16.8. The minimum atomic E-state index is -1.02. The molecule has 2 aromatic carbocycles. The highest BCUT2D eigenvalue weighted by molar-refractivity contribution is 6.31. The van der Waals surface area contributed by atoms with Gasteiger partial charge in [0.05, 0.1) is 11.8 Å². The van der Waals surface area contributed by atoms with E-state index >= 15 is 0 Å². The van der Waals surface area contributed by atoms with Crippen LogP contribution in [0.1, 0.15) is 22.4 Å². The summed E-state index contributed by atoms with van der Waals surface area (Å²) < 4.78 is 22.0. The second-order valence-corrected chi connectivity index (χ2v) is 7.95. The summed E-state index contributed by atoms with van der Waals surface area (Å²) >= 11 is 6.04. The molecule has 2 aliphatic heterocycles. The number of ketones is 1. The van der Waals surface area contributed by atoms with Crippen molar-refractivity contribution < 1.29 is 33.0 Å². The lowest BCUT2D eigenvalue weighted by Crippen LogP contribution is -2.30. The summed E-state index contributed by atoms with van der Waals surface area (Å²) in [5.74, 6) is -0.826. The van der Waals surface area contributed by atoms with Crippen LogP contribution in [0.15, 0.2) is 81.0 Å². The maximum Gasteiger partial charge on any atom is 0.294 e. The molecule has 1 N–H and O–H groups in total. The number of rotatable bonds is 4. The SMILES string of the molecule is O=C(C1=C(O)C(=O)N(c2ccc3c(c2)OCO3)C1c1ccco1)c1cc2cc(Cl)ccc2o1. The van der Waals surface area contributed by atoms with Gasteiger partial charge in [0.2, 0.25) is 12.6 Å². The van der Waals surface area contributed by atoms with Crippen molar-refractivity contribution in [3.05, 3.63) is 88.7 Å². The molecule has 0 saturated carbocycles. The monoisotopic (exact) mass is 463 g/mol. The number of fused-ring (bicyclic) bond motifs is 2. The first kappa shape index (κ1) is 19.5. The number of halogens is 1. The van der Waals surface area contributed by atoms with Crippen molar-refractivity contribution in [3.8, 4) is 11.5 Å². The number of hydrogen-bond donors (Lipinski definition) is 1. The van der Waals surface area contributed by atoms with Crippen LogP contribution in [0.25, 0.3) is 11.0 Å². The van der Waals surface area contributed by atoms with Gasteiger partial charge in [0, 0.05) is 22.2 Å². The van der Waals surface area contributed by atoms with E-state index in [0.29, 0.717) is 38.9 Å². The number of carbonyl (C=O) groups excluding carboxylic acids is 2. The number of ether oxygens (including phenoxy) is 2. The lowest BCUT2D eigenvalue weighted by atomic mass is 9.99. The van der Waals surface area contributed by atoms with Crippen molar-refractivity contribution in [2.75, 3.05) is 11.7 Å². The summed E-state index contributed by atoms with van der Waals surface area (Å²) in [7, 11) is 0. The number of carbonyl (C=O) groups is 2. The first-order valence-electron chi connectivity index (χ1n) is 9.95. The molecule has 0 fully saturated rings. The number of furan rings is 2. The number of nitrogens with zero attached hydrogens (tertiary/aromatic N) is 1. The average Bonchev–Trinajstić information content (AvgIpc) is 3.59. The molecule has 2 aliphatic rings. The molecule has 1 atom stereocenters. The third kappa shape index (κ3) is 2.99. The number of aliphatic hydroxyl groups excluding tert-OH is 1. The van der Waals surface area contributed by atoms with Gasteiger partial charge in [-0.05, 0) is 48.5 Å². The van der Waals surface area contributed by atoms with E-state index in [2.05, 4.69) is 0 Å². The van der Waals surface area contributed by atoms with Gasteiger partial charge in [-0.1, -0.05) is 11.6 Å². The molecule has 1 amide bonds. The van der Waals surface area contributed by atoms with Gasteiger partial charge in [-0.2, -0.15) is 0 Å². The van der Waals surface area contributed by atoms with E-state index in [1.54, 1.807) is 48.5 Å². The molecule has 0 radical (unpaired) electrons. The van der Waals surface area contributed by atoms with Crippen LogP contribution < -0.4 is 14.4 Å². The van der Waals surface area contributed by atoms with E-state index in [0.717, 1.165) is 0 Å². The third-order valence-electron chi connectivity index (χ3n) is 5.60. The van der Waals surface area contributed by atoms with Crippen LogP contribution in [0, 0.1) is 0 Å². The Balaban J connectivity index is 1.47. The van der Waals surface area contributed by atoms with Gasteiger partial charge in [0.15, 0.2) is 23.0 Å². The average molecular weight is 464 g/mol. The quantitative estimate of drug-likeness (QED) is 0.415. The predicted octanol–water partition coefficient (Wildman–Crippen LogP) is 5.19. The second kappa shape index (κ2) is 7.18. The Morgan fingerprint density at radius 1 is 1.06 bits per heavy atom. The largest absolute Gasteiger partial charge is 0.503 e. The van der Waals surface area contributed by atoms with Crippen molar-refractivity contribution in [1.29, 1.82) is 0 Å². The maximum atomic E-state index is 13.5. The Labute approximate surface area is 191 Å². The normalized spacial score (nSPS) is 17.4. The molecule has 0 spiro atoms. The zero-order valence-corrected chi connectivity index (χ0v) is 17.5. The fourth-order valence-corrected chi connectivity index (χ4v) is 4.29. The van der Waals surface area contributed by atoms with E-state index in [1.165, 1.54) is 17.2 Å². The molecule has 1 unspecified atom stereocenters. The number of Topliss-reactive ketones (excluding diaryl/α,β-unsaturated/α-hetero) is 1. The molecule has 2 aromatic heterocycles. The zero-order chi connectivity index (χ0) is 22.7. The van der Waals surface area contributed by atoms with Crippen molar-refractivity contribution in [2.24, 2.45) is 0 Å². The summed E-state index contributed by atoms with van der Waals surface area (Å²) in [6.45, 7) is 0.0671. The number of anilines is 1. The van der Waals surface area contributed by atoms with E-state index in [1.807, 2.05) is 0 Å². The number of hydrogen-bond acceptors (Lipinski definition) is 7. The number of benzene rings is 2. The fraction of sp³-hybridized carbons (Fsp3) is 0.0833. The van der Waals surface area contributed by atoms with Gasteiger partial charge in [0.25, 0.3) is 5.91 Å². The summed E-state index contributed by atoms with van der Waals surface area (Å²) in [6.07, 6.45) is 1.43. The van der Waals surface area contributed by atoms with Crippen LogP contribution in [-0.4, -0.2) is 23.6 Å². The number of aliphatic hydroxyl groups is 1. The van der Waals surface area contributed by atoms with Gasteiger partial charge in [-0.25, -0.2) is 0 Å². The van der Waals surface area contributed by atoms with Crippen LogP contribution >= 0.6 is 11.6 Å². The van der Waals surface area contributed by atoms with Crippen LogP contribution in [0.3, 0.4) is 0 Å². The summed E-state index contributed by atoms with van der Waals surface area (Å²) in [6, 6.07) is 13.6. The van der Waals surface area contributed by atoms with Gasteiger partial charge >= 0.3 is 0 Å². The maximum absolute atomic E-state index is 13.5. The molecular weight excluding hydrogens is 450 g/mol. The Morgan fingerprint density at radius 2 is 1.91 bits per heavy atom. The Kier molecular flexibility index (Phi) is 4.24. The van der Waals surface area contributed by atoms with E-state index in [-0.39, 0.29) is 18.1 Å². The summed E-state index contributed by atoms with van der Waals surface area (Å²) in [5, 5.41) is 11.9. The minimum absolute atomic E-state index is 0.0364. The Bertz CT molecular complexity index is 1470. The van der Waals surface area contributed by atoms with Gasteiger partial charge in [-0.15, -0.1) is 0 Å². The lowest BCUT2D eigenvalue weighted by molar-refractivity contribution is -0.117. The standard InChI is InChI=1S/C24H14ClNO7/c25-13-3-5-15-12(8-13)9-19(33-15)22(27)20-21(17-2-1-7-30-17)26(24(29)23(20)28)14-4-6-16-18(10-14)32-11-31-16/h1-10,21,28H,11H2. The summed E-state index contributed by atoms with van der Waals surface area (Å²) in [5.41, 5.74) is 0.698. The lowest BCUT2D eigenvalue weighted by Gasteiger charge is -2.24. The van der Waals surface area contributed by atoms with Crippen molar-refractivity contribution >= 4 is 39.9 Å². The molecule has 164 valence electrons. The third-order valence-corrected chi connectivity index (χ3v) is 5.84. The highest BCUT2D eigenvalue weighted by Crippen LogP contribution is 2.45. The van der Waals surface area contributed by atoms with Crippen molar-refractivity contribution in [1.82, 2.24) is 0 Å². The van der Waals surface area contributed by atoms with Crippen LogP contribution in [-0.2, 0) is 4.79 Å². The summed E-state index contributed by atoms with van der Waals surface area (Å²) in [4.78, 5) is 28.0. The topological polar surface area (TPSA) is 102 Å². The molecule has 8 nitrogen and oxygen atoms in total. The van der Waals surface area contributed by atoms with E-state index in [9.17, 15) is 14.7 Å². The smallest absolute Gasteiger partial charge is 0.294 e. The predicted molar refractivity (Wildman–Crippen MR) is 117 cm³/mol. The minimum Gasteiger partial charge on any atom is -0.503 e. The molecule has 4 heterocycles. The fourth-order valence-electron chi connectivity index (χ4n) is 4.11. The molecule has 6 rings (SSSR count). The first-order chi connectivity index (χ1) is 16.0. The van der Waals surface area contributed by atoms with Crippen molar-refractivity contribution in [3.63, 3.8) is 0 Å². The van der Waals surface area contributed by atoms with Gasteiger partial charge in [-0.3, -0.25) is 14.5 Å². The van der Waals surface area contributed by atoms with Crippen molar-refractivity contribution in [2.45, 2.75) is 6.04 Å². The van der Waals surface area contributed by atoms with Crippen LogP contribution in [0.2, 0.25) is 5.02 Å². The molecule has 0 saturated heterocycles. The molecule has 33 heavy (non-hydrogen) atoms. The van der Waals surface area contributed by atoms with E-state index < -0.39 is 23.5 Å². The highest BCUT2D eigenvalue weighted by atomic mass is 35.5. The number of amides is 1. The van der Waals surface area contributed by atoms with E-state index in [4.69, 9.17) is 29.9 Å². The molecule has 0 aliphatic carbocycles. The van der Waals surface area contributed by atoms with Gasteiger partial charge in [0.1, 0.15) is 17.4 Å². The van der Waals surface area contributed by atoms with Crippen LogP contribution in [0.4, 0.5) is 5.69 Å². The van der Waals surface area contributed by atoms with Crippen LogP contribution in [0.5, 0.6) is 11.5 Å². The second-order valence-electron chi connectivity index (χ2n) is 7.51. The van der Waals surface area contributed by atoms with Gasteiger partial charge < -0.3 is 23.4 Å². The Hall–Kier alpha value is -4.17. The molecule has 4 aromatic rings. The molecular formula is C24H14ClNO7. The highest BCUT2D eigenvalue weighted by Gasteiger charge is 2.47. The first-order valence-corrected chi connectivity index (χ1v) is 10.3. The Morgan fingerprint density at radius 3 is 2.73 bits per heavy atom.